The number of amides is 1. The standard InChI is InChI=1S/C37H41N3O2/c1-25-22-26(2)38-36-34(25)31-16-10-11-17-33(31)40(36)23-27-18-20-30(21-19-27)35(29-14-6-3-4-7-15-29)37(42)39-32(24-41)28-12-8-5-9-13-28/h5,8-13,16-22,29,32,35,41H,3-4,6-7,14-15,23-24H2,1-2H3,(H,39,42). The molecule has 0 spiro atoms. The number of nitrogens with zero attached hydrogens (tertiary/aromatic N) is 2. The molecule has 5 aromatic rings. The van der Waals surface area contributed by atoms with E-state index in [0.29, 0.717) is 12.5 Å². The predicted octanol–water partition coefficient (Wildman–Crippen LogP) is 7.76. The Balaban J connectivity index is 1.31. The van der Waals surface area contributed by atoms with Gasteiger partial charge in [-0.2, -0.15) is 0 Å². The van der Waals surface area contributed by atoms with E-state index in [4.69, 9.17) is 4.98 Å². The lowest BCUT2D eigenvalue weighted by molar-refractivity contribution is -0.125. The lowest BCUT2D eigenvalue weighted by Gasteiger charge is -2.28. The fourth-order valence-corrected chi connectivity index (χ4v) is 7.02. The van der Waals surface area contributed by atoms with Gasteiger partial charge < -0.3 is 15.0 Å². The van der Waals surface area contributed by atoms with Gasteiger partial charge in [-0.1, -0.05) is 98.5 Å². The first kappa shape index (κ1) is 28.2. The van der Waals surface area contributed by atoms with Crippen molar-refractivity contribution in [3.8, 4) is 0 Å². The van der Waals surface area contributed by atoms with E-state index in [1.807, 2.05) is 30.3 Å². The van der Waals surface area contributed by atoms with Gasteiger partial charge in [0.05, 0.1) is 24.1 Å². The summed E-state index contributed by atoms with van der Waals surface area (Å²) in [6.07, 6.45) is 6.90. The number of nitrogens with one attached hydrogen (secondary N) is 1. The van der Waals surface area contributed by atoms with Gasteiger partial charge in [0.25, 0.3) is 0 Å². The highest BCUT2D eigenvalue weighted by Crippen LogP contribution is 2.37. The molecule has 0 aliphatic heterocycles. The van der Waals surface area contributed by atoms with Crippen molar-refractivity contribution in [3.63, 3.8) is 0 Å². The number of aromatic nitrogens is 2. The van der Waals surface area contributed by atoms with Crippen LogP contribution in [0.15, 0.2) is 84.9 Å². The molecule has 0 bridgehead atoms. The van der Waals surface area contributed by atoms with Crippen LogP contribution in [0.2, 0.25) is 0 Å². The second-order valence-corrected chi connectivity index (χ2v) is 12.0. The van der Waals surface area contributed by atoms with Crippen molar-refractivity contribution >= 4 is 27.8 Å². The van der Waals surface area contributed by atoms with E-state index in [2.05, 4.69) is 78.3 Å². The molecule has 1 amide bonds. The summed E-state index contributed by atoms with van der Waals surface area (Å²) >= 11 is 0. The first-order chi connectivity index (χ1) is 20.5. The number of carbonyl (C=O) groups is 1. The zero-order valence-corrected chi connectivity index (χ0v) is 24.7. The fraction of sp³-hybridized carbons (Fsp3) is 0.351. The van der Waals surface area contributed by atoms with E-state index in [1.165, 1.54) is 40.3 Å². The smallest absolute Gasteiger partial charge is 0.228 e. The molecule has 216 valence electrons. The molecule has 5 heteroatoms. The summed E-state index contributed by atoms with van der Waals surface area (Å²) in [5.41, 5.74) is 7.63. The number of aliphatic hydroxyl groups excluding tert-OH is 1. The number of para-hydroxylation sites is 1. The summed E-state index contributed by atoms with van der Waals surface area (Å²) in [5.74, 6) is 0.0613. The van der Waals surface area contributed by atoms with Gasteiger partial charge in [-0.25, -0.2) is 4.98 Å². The summed E-state index contributed by atoms with van der Waals surface area (Å²) in [6.45, 7) is 4.81. The molecule has 2 N–H and O–H groups in total. The van der Waals surface area contributed by atoms with Crippen LogP contribution in [0.1, 0.15) is 78.4 Å². The molecule has 0 radical (unpaired) electrons. The Morgan fingerprint density at radius 1 is 0.905 bits per heavy atom. The van der Waals surface area contributed by atoms with Gasteiger partial charge >= 0.3 is 0 Å². The third kappa shape index (κ3) is 5.71. The minimum atomic E-state index is -0.416. The summed E-state index contributed by atoms with van der Waals surface area (Å²) in [4.78, 5) is 18.9. The van der Waals surface area contributed by atoms with Crippen LogP contribution >= 0.6 is 0 Å². The Morgan fingerprint density at radius 3 is 2.31 bits per heavy atom. The Labute approximate surface area is 248 Å². The number of fused-ring (bicyclic) bond motifs is 3. The van der Waals surface area contributed by atoms with E-state index < -0.39 is 6.04 Å². The first-order valence-corrected chi connectivity index (χ1v) is 15.4. The molecule has 1 aliphatic carbocycles. The van der Waals surface area contributed by atoms with Gasteiger partial charge in [-0.3, -0.25) is 4.79 Å². The van der Waals surface area contributed by atoms with Crippen molar-refractivity contribution in [2.24, 2.45) is 5.92 Å². The van der Waals surface area contributed by atoms with Crippen LogP contribution in [-0.4, -0.2) is 27.2 Å². The second-order valence-electron chi connectivity index (χ2n) is 12.0. The topological polar surface area (TPSA) is 67.2 Å². The van der Waals surface area contributed by atoms with Gasteiger partial charge in [-0.15, -0.1) is 0 Å². The molecule has 2 aromatic heterocycles. The van der Waals surface area contributed by atoms with Crippen LogP contribution in [-0.2, 0) is 11.3 Å². The Hall–Kier alpha value is -3.96. The minimum absolute atomic E-state index is 0.00935. The number of aliphatic hydroxyl groups is 1. The molecule has 2 atom stereocenters. The van der Waals surface area contributed by atoms with Crippen LogP contribution < -0.4 is 5.32 Å². The second kappa shape index (κ2) is 12.5. The van der Waals surface area contributed by atoms with Crippen LogP contribution in [0.3, 0.4) is 0 Å². The number of benzene rings is 3. The molecule has 2 heterocycles. The molecular weight excluding hydrogens is 518 g/mol. The van der Waals surface area contributed by atoms with E-state index in [-0.39, 0.29) is 18.4 Å². The zero-order chi connectivity index (χ0) is 29.1. The molecule has 2 unspecified atom stereocenters. The maximum absolute atomic E-state index is 14.0. The van der Waals surface area contributed by atoms with Gasteiger partial charge in [0.1, 0.15) is 5.65 Å². The summed E-state index contributed by atoms with van der Waals surface area (Å²) in [6, 6.07) is 28.7. The van der Waals surface area contributed by atoms with Crippen LogP contribution in [0.4, 0.5) is 0 Å². The highest BCUT2D eigenvalue weighted by molar-refractivity contribution is 6.08. The lowest BCUT2D eigenvalue weighted by atomic mass is 9.80. The SMILES string of the molecule is Cc1cc(C)c2c3ccccc3n(Cc3ccc(C(C(=O)NC(CO)c4ccccc4)C4CCCCCC4)cc3)c2n1. The van der Waals surface area contributed by atoms with Gasteiger partial charge in [-0.05, 0) is 67.0 Å². The van der Waals surface area contributed by atoms with Gasteiger partial charge in [0, 0.05) is 23.0 Å². The van der Waals surface area contributed by atoms with Gasteiger partial charge in [0.2, 0.25) is 5.91 Å². The summed E-state index contributed by atoms with van der Waals surface area (Å²) in [5, 5.41) is 15.8. The molecule has 1 aliphatic rings. The average molecular weight is 560 g/mol. The third-order valence-electron chi connectivity index (χ3n) is 9.08. The molecule has 6 rings (SSSR count). The van der Waals surface area contributed by atoms with Crippen molar-refractivity contribution in [1.29, 1.82) is 0 Å². The number of rotatable bonds is 8. The van der Waals surface area contributed by atoms with Crippen molar-refractivity contribution in [2.75, 3.05) is 6.61 Å². The highest BCUT2D eigenvalue weighted by atomic mass is 16.3. The van der Waals surface area contributed by atoms with Crippen LogP contribution in [0.5, 0.6) is 0 Å². The Kier molecular flexibility index (Phi) is 8.38. The molecule has 1 saturated carbocycles. The van der Waals surface area contributed by atoms with Gasteiger partial charge in [0.15, 0.2) is 0 Å². The minimum Gasteiger partial charge on any atom is -0.394 e. The summed E-state index contributed by atoms with van der Waals surface area (Å²) < 4.78 is 2.32. The zero-order valence-electron chi connectivity index (χ0n) is 24.7. The van der Waals surface area contributed by atoms with Crippen molar-refractivity contribution in [3.05, 3.63) is 113 Å². The molecule has 5 nitrogen and oxygen atoms in total. The van der Waals surface area contributed by atoms with Crippen LogP contribution in [0, 0.1) is 19.8 Å². The first-order valence-electron chi connectivity index (χ1n) is 15.4. The number of carbonyl (C=O) groups excluding carboxylic acids is 1. The lowest BCUT2D eigenvalue weighted by Crippen LogP contribution is -2.37. The number of hydrogen-bond donors (Lipinski definition) is 2. The van der Waals surface area contributed by atoms with E-state index in [1.54, 1.807) is 0 Å². The summed E-state index contributed by atoms with van der Waals surface area (Å²) in [7, 11) is 0. The maximum Gasteiger partial charge on any atom is 0.228 e. The van der Waals surface area contributed by atoms with Crippen molar-refractivity contribution in [2.45, 2.75) is 70.9 Å². The number of pyridine rings is 1. The molecule has 0 saturated heterocycles. The Bertz CT molecular complexity index is 1660. The van der Waals surface area contributed by atoms with E-state index >= 15 is 0 Å². The maximum atomic E-state index is 14.0. The number of aryl methyl sites for hydroxylation is 2. The molecular formula is C37H41N3O2. The van der Waals surface area contributed by atoms with Crippen molar-refractivity contribution < 1.29 is 9.90 Å². The molecule has 42 heavy (non-hydrogen) atoms. The van der Waals surface area contributed by atoms with E-state index in [0.717, 1.165) is 48.2 Å². The molecule has 1 fully saturated rings. The largest absolute Gasteiger partial charge is 0.394 e. The monoisotopic (exact) mass is 559 g/mol. The predicted molar refractivity (Wildman–Crippen MR) is 171 cm³/mol. The average Bonchev–Trinajstić information content (AvgIpc) is 3.13. The van der Waals surface area contributed by atoms with E-state index in [9.17, 15) is 9.90 Å². The van der Waals surface area contributed by atoms with Crippen molar-refractivity contribution in [1.82, 2.24) is 14.9 Å². The quantitative estimate of drug-likeness (QED) is 0.191. The third-order valence-corrected chi connectivity index (χ3v) is 9.08. The Morgan fingerprint density at radius 2 is 1.60 bits per heavy atom. The molecule has 3 aromatic carbocycles. The fourth-order valence-electron chi connectivity index (χ4n) is 7.02. The number of hydrogen-bond acceptors (Lipinski definition) is 3. The normalized spacial score (nSPS) is 15.9. The highest BCUT2D eigenvalue weighted by Gasteiger charge is 2.32. The van der Waals surface area contributed by atoms with Crippen LogP contribution in [0.25, 0.3) is 21.9 Å².